The molecule has 1 aromatic carbocycles. The number of rotatable bonds is 5. The number of carbonyl (C=O) groups excluding carboxylic acids is 1. The summed E-state index contributed by atoms with van der Waals surface area (Å²) in [5, 5.41) is 9.01. The summed E-state index contributed by atoms with van der Waals surface area (Å²) in [6.07, 6.45) is 8.71. The smallest absolute Gasteiger partial charge is 0.247 e. The predicted molar refractivity (Wildman–Crippen MR) is 99.6 cm³/mol. The number of likely N-dealkylation sites (tertiary alicyclic amines) is 1. The summed E-state index contributed by atoms with van der Waals surface area (Å²) in [6, 6.07) is 7.27. The Morgan fingerprint density at radius 1 is 1.19 bits per heavy atom. The Labute approximate surface area is 158 Å². The van der Waals surface area contributed by atoms with E-state index in [1.807, 2.05) is 23.1 Å². The van der Waals surface area contributed by atoms with Crippen molar-refractivity contribution in [2.24, 2.45) is 5.92 Å². The first kappa shape index (κ1) is 17.5. The number of hydrogen-bond donors (Lipinski definition) is 0. The van der Waals surface area contributed by atoms with Crippen molar-refractivity contribution < 1.29 is 9.21 Å². The summed E-state index contributed by atoms with van der Waals surface area (Å²) in [5.74, 6) is 1.94. The van der Waals surface area contributed by atoms with E-state index in [2.05, 4.69) is 10.2 Å². The zero-order valence-corrected chi connectivity index (χ0v) is 15.6. The molecule has 5 nitrogen and oxygen atoms in total. The Morgan fingerprint density at radius 2 is 2.04 bits per heavy atom. The fourth-order valence-electron chi connectivity index (χ4n) is 4.20. The van der Waals surface area contributed by atoms with Crippen LogP contribution < -0.4 is 0 Å². The highest BCUT2D eigenvalue weighted by Gasteiger charge is 2.34. The Morgan fingerprint density at radius 3 is 2.85 bits per heavy atom. The van der Waals surface area contributed by atoms with E-state index in [1.165, 1.54) is 25.7 Å². The van der Waals surface area contributed by atoms with E-state index >= 15 is 0 Å². The third kappa shape index (κ3) is 3.78. The van der Waals surface area contributed by atoms with Crippen molar-refractivity contribution in [3.63, 3.8) is 0 Å². The minimum Gasteiger partial charge on any atom is -0.418 e. The van der Waals surface area contributed by atoms with Gasteiger partial charge in [-0.25, -0.2) is 0 Å². The van der Waals surface area contributed by atoms with Crippen molar-refractivity contribution in [3.8, 4) is 11.5 Å². The first-order valence-electron chi connectivity index (χ1n) is 9.59. The fraction of sp³-hybridized carbons (Fsp3) is 0.550. The topological polar surface area (TPSA) is 59.2 Å². The van der Waals surface area contributed by atoms with Crippen molar-refractivity contribution in [2.75, 3.05) is 6.54 Å². The van der Waals surface area contributed by atoms with Gasteiger partial charge in [0.2, 0.25) is 17.7 Å². The van der Waals surface area contributed by atoms with Crippen LogP contribution >= 0.6 is 11.6 Å². The molecular weight excluding hydrogens is 350 g/mol. The summed E-state index contributed by atoms with van der Waals surface area (Å²) in [4.78, 5) is 14.7. The molecule has 2 aliphatic rings. The second kappa shape index (κ2) is 7.78. The van der Waals surface area contributed by atoms with Crippen LogP contribution in [0.25, 0.3) is 11.5 Å². The average molecular weight is 374 g/mol. The normalized spacial score (nSPS) is 20.8. The van der Waals surface area contributed by atoms with Crippen LogP contribution in [0.1, 0.15) is 63.3 Å². The molecule has 1 saturated carbocycles. The second-order valence-electron chi connectivity index (χ2n) is 7.39. The molecule has 1 aromatic heterocycles. The van der Waals surface area contributed by atoms with E-state index in [0.717, 1.165) is 37.3 Å². The lowest BCUT2D eigenvalue weighted by Gasteiger charge is -2.22. The summed E-state index contributed by atoms with van der Waals surface area (Å²) in [5.41, 5.74) is 0.799. The zero-order chi connectivity index (χ0) is 17.9. The Kier molecular flexibility index (Phi) is 5.25. The molecule has 2 aromatic rings. The number of carbonyl (C=O) groups is 1. The fourth-order valence-corrected chi connectivity index (χ4v) is 4.39. The molecule has 0 radical (unpaired) electrons. The van der Waals surface area contributed by atoms with Crippen LogP contribution in [0.3, 0.4) is 0 Å². The second-order valence-corrected chi connectivity index (χ2v) is 7.83. The number of aromatic nitrogens is 2. The largest absolute Gasteiger partial charge is 0.418 e. The Balaban J connectivity index is 1.43. The van der Waals surface area contributed by atoms with Gasteiger partial charge in [-0.15, -0.1) is 10.2 Å². The highest BCUT2D eigenvalue weighted by Crippen LogP contribution is 2.35. The lowest BCUT2D eigenvalue weighted by molar-refractivity contribution is -0.132. The number of halogens is 1. The minimum atomic E-state index is -0.0912. The van der Waals surface area contributed by atoms with Gasteiger partial charge < -0.3 is 9.32 Å². The van der Waals surface area contributed by atoms with Crippen LogP contribution in [-0.2, 0) is 4.79 Å². The van der Waals surface area contributed by atoms with E-state index < -0.39 is 0 Å². The molecule has 0 N–H and O–H groups in total. The quantitative estimate of drug-likeness (QED) is 0.737. The van der Waals surface area contributed by atoms with Gasteiger partial charge in [-0.05, 0) is 43.4 Å². The van der Waals surface area contributed by atoms with Crippen LogP contribution in [0.2, 0.25) is 5.02 Å². The van der Waals surface area contributed by atoms with Gasteiger partial charge in [0.15, 0.2) is 0 Å². The van der Waals surface area contributed by atoms with Gasteiger partial charge in [0, 0.05) is 23.6 Å². The predicted octanol–water partition coefficient (Wildman–Crippen LogP) is 5.02. The van der Waals surface area contributed by atoms with Gasteiger partial charge in [0.05, 0.1) is 0 Å². The molecule has 0 bridgehead atoms. The van der Waals surface area contributed by atoms with Crippen LogP contribution in [0.15, 0.2) is 28.7 Å². The van der Waals surface area contributed by atoms with Gasteiger partial charge in [-0.1, -0.05) is 43.4 Å². The molecule has 1 aliphatic carbocycles. The maximum absolute atomic E-state index is 12.7. The number of hydrogen-bond acceptors (Lipinski definition) is 4. The molecule has 2 fully saturated rings. The molecule has 6 heteroatoms. The van der Waals surface area contributed by atoms with Crippen molar-refractivity contribution in [3.05, 3.63) is 35.2 Å². The van der Waals surface area contributed by atoms with Crippen LogP contribution in [0.5, 0.6) is 0 Å². The molecule has 1 atom stereocenters. The lowest BCUT2D eigenvalue weighted by atomic mass is 10.0. The summed E-state index contributed by atoms with van der Waals surface area (Å²) >= 11 is 6.04. The number of benzene rings is 1. The maximum atomic E-state index is 12.7. The van der Waals surface area contributed by atoms with E-state index in [-0.39, 0.29) is 11.9 Å². The van der Waals surface area contributed by atoms with Crippen molar-refractivity contribution in [1.29, 1.82) is 0 Å². The first-order valence-corrected chi connectivity index (χ1v) is 9.97. The summed E-state index contributed by atoms with van der Waals surface area (Å²) < 4.78 is 5.89. The molecule has 2 heterocycles. The van der Waals surface area contributed by atoms with Crippen LogP contribution in [0.4, 0.5) is 0 Å². The highest BCUT2D eigenvalue weighted by atomic mass is 35.5. The summed E-state index contributed by atoms with van der Waals surface area (Å²) in [7, 11) is 0. The standard InChI is InChI=1S/C20H24ClN3O2/c21-16-8-3-7-15(13-16)19-22-23-20(26-19)17-9-4-12-24(17)18(25)11-10-14-5-1-2-6-14/h3,7-8,13-14,17H,1-2,4-6,9-12H2. The molecule has 138 valence electrons. The molecule has 0 spiro atoms. The maximum Gasteiger partial charge on any atom is 0.247 e. The van der Waals surface area contributed by atoms with E-state index in [0.29, 0.717) is 23.2 Å². The Bertz CT molecular complexity index is 770. The SMILES string of the molecule is O=C(CCC1CCCC1)N1CCCC1c1nnc(-c2cccc(Cl)c2)o1. The minimum absolute atomic E-state index is 0.0912. The van der Waals surface area contributed by atoms with Gasteiger partial charge >= 0.3 is 0 Å². The molecule has 1 saturated heterocycles. The zero-order valence-electron chi connectivity index (χ0n) is 14.9. The van der Waals surface area contributed by atoms with Crippen LogP contribution in [0, 0.1) is 5.92 Å². The van der Waals surface area contributed by atoms with E-state index in [1.54, 1.807) is 6.07 Å². The van der Waals surface area contributed by atoms with Crippen molar-refractivity contribution in [1.82, 2.24) is 15.1 Å². The van der Waals surface area contributed by atoms with Crippen LogP contribution in [-0.4, -0.2) is 27.5 Å². The van der Waals surface area contributed by atoms with Gasteiger partial charge in [0.1, 0.15) is 6.04 Å². The molecule has 1 aliphatic heterocycles. The lowest BCUT2D eigenvalue weighted by Crippen LogP contribution is -2.30. The molecule has 1 amide bonds. The van der Waals surface area contributed by atoms with Gasteiger partial charge in [-0.2, -0.15) is 0 Å². The Hall–Kier alpha value is -1.88. The van der Waals surface area contributed by atoms with Gasteiger partial charge in [0.25, 0.3) is 0 Å². The molecule has 1 unspecified atom stereocenters. The van der Waals surface area contributed by atoms with E-state index in [9.17, 15) is 4.79 Å². The summed E-state index contributed by atoms with van der Waals surface area (Å²) in [6.45, 7) is 0.781. The first-order chi connectivity index (χ1) is 12.7. The average Bonchev–Trinajstić information content (AvgIpc) is 3.40. The molecule has 4 rings (SSSR count). The third-order valence-electron chi connectivity index (χ3n) is 5.61. The number of amides is 1. The van der Waals surface area contributed by atoms with Crippen molar-refractivity contribution >= 4 is 17.5 Å². The van der Waals surface area contributed by atoms with E-state index in [4.69, 9.17) is 16.0 Å². The molecule has 26 heavy (non-hydrogen) atoms. The monoisotopic (exact) mass is 373 g/mol. The highest BCUT2D eigenvalue weighted by molar-refractivity contribution is 6.30. The molecular formula is C20H24ClN3O2. The van der Waals surface area contributed by atoms with Crippen molar-refractivity contribution in [2.45, 2.75) is 57.4 Å². The third-order valence-corrected chi connectivity index (χ3v) is 5.85. The van der Waals surface area contributed by atoms with Gasteiger partial charge in [-0.3, -0.25) is 4.79 Å². The number of nitrogens with zero attached hydrogens (tertiary/aromatic N) is 3.